The highest BCUT2D eigenvalue weighted by molar-refractivity contribution is 9.10. The maximum absolute atomic E-state index is 5.89. The number of rotatable bonds is 4. The second-order valence-electron chi connectivity index (χ2n) is 8.30. The molecule has 0 radical (unpaired) electrons. The highest BCUT2D eigenvalue weighted by atomic mass is 79.9. The van der Waals surface area contributed by atoms with Crippen molar-refractivity contribution in [1.29, 1.82) is 0 Å². The fourth-order valence-corrected chi connectivity index (χ4v) is 5.29. The van der Waals surface area contributed by atoms with Gasteiger partial charge < -0.3 is 14.8 Å². The molecular formula is C26H24BrN5S. The lowest BCUT2D eigenvalue weighted by molar-refractivity contribution is 0.565. The summed E-state index contributed by atoms with van der Waals surface area (Å²) in [5, 5.41) is 4.26. The minimum Gasteiger partial charge on any atom is -0.351 e. The highest BCUT2D eigenvalue weighted by Crippen LogP contribution is 2.44. The van der Waals surface area contributed by atoms with Gasteiger partial charge in [-0.1, -0.05) is 22.0 Å². The van der Waals surface area contributed by atoms with Crippen LogP contribution in [0.4, 0.5) is 5.69 Å². The van der Waals surface area contributed by atoms with E-state index < -0.39 is 0 Å². The van der Waals surface area contributed by atoms with Crippen molar-refractivity contribution in [3.63, 3.8) is 0 Å². The Morgan fingerprint density at radius 3 is 2.52 bits per heavy atom. The van der Waals surface area contributed by atoms with E-state index in [1.807, 2.05) is 30.6 Å². The van der Waals surface area contributed by atoms with Crippen LogP contribution in [0.15, 0.2) is 77.7 Å². The molecule has 0 unspecified atom stereocenters. The number of anilines is 1. The molecule has 2 atom stereocenters. The third kappa shape index (κ3) is 3.85. The van der Waals surface area contributed by atoms with Crippen LogP contribution in [0.1, 0.15) is 40.3 Å². The summed E-state index contributed by atoms with van der Waals surface area (Å²) in [6.07, 6.45) is 5.53. The lowest BCUT2D eigenvalue weighted by Gasteiger charge is -2.28. The van der Waals surface area contributed by atoms with Gasteiger partial charge in [0.2, 0.25) is 0 Å². The molecule has 1 N–H and O–H groups in total. The summed E-state index contributed by atoms with van der Waals surface area (Å²) in [6, 6.07) is 18.6. The average Bonchev–Trinajstić information content (AvgIpc) is 3.32. The molecule has 33 heavy (non-hydrogen) atoms. The van der Waals surface area contributed by atoms with E-state index in [0.717, 1.165) is 38.5 Å². The zero-order valence-corrected chi connectivity index (χ0v) is 21.1. The summed E-state index contributed by atoms with van der Waals surface area (Å²) in [7, 11) is 0. The van der Waals surface area contributed by atoms with Crippen molar-refractivity contribution < 1.29 is 0 Å². The van der Waals surface area contributed by atoms with Gasteiger partial charge in [0.1, 0.15) is 0 Å². The van der Waals surface area contributed by atoms with Crippen LogP contribution >= 0.6 is 28.1 Å². The van der Waals surface area contributed by atoms with Crippen LogP contribution in [-0.2, 0) is 0 Å². The van der Waals surface area contributed by atoms with E-state index in [-0.39, 0.29) is 12.1 Å². The maximum Gasteiger partial charge on any atom is 0.174 e. The predicted molar refractivity (Wildman–Crippen MR) is 140 cm³/mol. The monoisotopic (exact) mass is 517 g/mol. The summed E-state index contributed by atoms with van der Waals surface area (Å²) in [5.74, 6) is 0. The number of nitrogens with one attached hydrogen (secondary N) is 1. The number of pyridine rings is 2. The first-order valence-electron chi connectivity index (χ1n) is 10.8. The van der Waals surface area contributed by atoms with E-state index in [9.17, 15) is 0 Å². The van der Waals surface area contributed by atoms with Crippen LogP contribution < -0.4 is 10.2 Å². The van der Waals surface area contributed by atoms with E-state index in [2.05, 4.69) is 97.9 Å². The Balaban J connectivity index is 1.69. The van der Waals surface area contributed by atoms with Gasteiger partial charge in [0.15, 0.2) is 5.11 Å². The predicted octanol–water partition coefficient (Wildman–Crippen LogP) is 6.13. The quantitative estimate of drug-likeness (QED) is 0.329. The Hall–Kier alpha value is -3.03. The second kappa shape index (κ2) is 8.72. The fraction of sp³-hybridized carbons (Fsp3) is 0.192. The molecule has 0 spiro atoms. The summed E-state index contributed by atoms with van der Waals surface area (Å²) in [4.78, 5) is 11.2. The molecular weight excluding hydrogens is 494 g/mol. The molecule has 1 fully saturated rings. The molecule has 5 nitrogen and oxygen atoms in total. The van der Waals surface area contributed by atoms with Crippen LogP contribution in [-0.4, -0.2) is 19.6 Å². The number of aromatic nitrogens is 3. The van der Waals surface area contributed by atoms with Crippen LogP contribution in [0.5, 0.6) is 0 Å². The Morgan fingerprint density at radius 2 is 1.82 bits per heavy atom. The van der Waals surface area contributed by atoms with Gasteiger partial charge in [-0.05, 0) is 92.6 Å². The van der Waals surface area contributed by atoms with Gasteiger partial charge in [0.25, 0.3) is 0 Å². The number of nitrogens with zero attached hydrogens (tertiary/aromatic N) is 4. The number of benzene rings is 1. The maximum atomic E-state index is 5.89. The van der Waals surface area contributed by atoms with Crippen LogP contribution in [0.25, 0.3) is 5.69 Å². The standard InChI is InChI=1S/C26H24BrN5S/c1-16-13-19(9-10-22(16)27)32-25(24(30-26(32)33)23-8-4-5-12-29-23)21-14-17(2)31(18(21)3)20-7-6-11-28-15-20/h4-15,24-25H,1-3H3,(H,30,33)/t24-,25-/m1/s1. The van der Waals surface area contributed by atoms with E-state index in [0.29, 0.717) is 5.11 Å². The molecule has 1 saturated heterocycles. The fourth-order valence-electron chi connectivity index (χ4n) is 4.70. The first kappa shape index (κ1) is 21.8. The van der Waals surface area contributed by atoms with E-state index >= 15 is 0 Å². The molecule has 0 aliphatic carbocycles. The zero-order valence-electron chi connectivity index (χ0n) is 18.7. The smallest absolute Gasteiger partial charge is 0.174 e. The van der Waals surface area contributed by atoms with Crippen LogP contribution in [0.3, 0.4) is 0 Å². The Labute approximate surface area is 207 Å². The van der Waals surface area contributed by atoms with Gasteiger partial charge >= 0.3 is 0 Å². The second-order valence-corrected chi connectivity index (χ2v) is 9.54. The molecule has 0 amide bonds. The Morgan fingerprint density at radius 1 is 0.970 bits per heavy atom. The van der Waals surface area contributed by atoms with Crippen molar-refractivity contribution in [3.8, 4) is 5.69 Å². The van der Waals surface area contributed by atoms with Gasteiger partial charge in [-0.3, -0.25) is 9.97 Å². The Bertz CT molecular complexity index is 1320. The zero-order chi connectivity index (χ0) is 23.1. The molecule has 166 valence electrons. The topological polar surface area (TPSA) is 46.0 Å². The van der Waals surface area contributed by atoms with E-state index in [1.165, 1.54) is 5.56 Å². The van der Waals surface area contributed by atoms with Gasteiger partial charge in [0.05, 0.1) is 29.7 Å². The Kier molecular flexibility index (Phi) is 5.76. The highest BCUT2D eigenvalue weighted by Gasteiger charge is 2.42. The first-order valence-corrected chi connectivity index (χ1v) is 12.0. The van der Waals surface area contributed by atoms with Crippen molar-refractivity contribution >= 4 is 38.9 Å². The summed E-state index contributed by atoms with van der Waals surface area (Å²) in [6.45, 7) is 6.39. The lowest BCUT2D eigenvalue weighted by atomic mass is 9.96. The summed E-state index contributed by atoms with van der Waals surface area (Å²) < 4.78 is 3.33. The molecule has 0 saturated carbocycles. The largest absolute Gasteiger partial charge is 0.351 e. The molecule has 1 aliphatic rings. The SMILES string of the molecule is Cc1cc(N2C(=S)N[C@H](c3ccccn3)[C@H]2c2cc(C)n(-c3cccnc3)c2C)ccc1Br. The molecule has 4 aromatic rings. The lowest BCUT2D eigenvalue weighted by Crippen LogP contribution is -2.29. The van der Waals surface area contributed by atoms with E-state index in [4.69, 9.17) is 12.2 Å². The number of hydrogen-bond acceptors (Lipinski definition) is 3. The van der Waals surface area contributed by atoms with Crippen molar-refractivity contribution in [3.05, 3.63) is 106 Å². The first-order chi connectivity index (χ1) is 16.0. The van der Waals surface area contributed by atoms with Crippen LogP contribution in [0.2, 0.25) is 0 Å². The van der Waals surface area contributed by atoms with Crippen molar-refractivity contribution in [2.75, 3.05) is 4.90 Å². The third-order valence-corrected chi connectivity index (χ3v) is 7.42. The molecule has 5 rings (SSSR count). The molecule has 3 aromatic heterocycles. The van der Waals surface area contributed by atoms with Gasteiger partial charge in [0, 0.05) is 33.9 Å². The molecule has 7 heteroatoms. The van der Waals surface area contributed by atoms with Crippen LogP contribution in [0, 0.1) is 20.8 Å². The molecule has 4 heterocycles. The summed E-state index contributed by atoms with van der Waals surface area (Å²) in [5.41, 5.74) is 7.76. The van der Waals surface area contributed by atoms with Gasteiger partial charge in [-0.2, -0.15) is 0 Å². The molecule has 0 bridgehead atoms. The average molecular weight is 518 g/mol. The third-order valence-electron chi connectivity index (χ3n) is 6.21. The van der Waals surface area contributed by atoms with Gasteiger partial charge in [-0.25, -0.2) is 0 Å². The van der Waals surface area contributed by atoms with E-state index in [1.54, 1.807) is 6.20 Å². The minimum atomic E-state index is -0.0782. The number of thiocarbonyl (C=S) groups is 1. The normalized spacial score (nSPS) is 17.9. The van der Waals surface area contributed by atoms with Crippen molar-refractivity contribution in [2.24, 2.45) is 0 Å². The van der Waals surface area contributed by atoms with Gasteiger partial charge in [-0.15, -0.1) is 0 Å². The molecule has 1 aromatic carbocycles. The number of aryl methyl sites for hydroxylation is 2. The minimum absolute atomic E-state index is 0.0513. The molecule has 1 aliphatic heterocycles. The van der Waals surface area contributed by atoms with Crippen molar-refractivity contribution in [2.45, 2.75) is 32.9 Å². The summed E-state index contributed by atoms with van der Waals surface area (Å²) >= 11 is 9.51. The van der Waals surface area contributed by atoms with Crippen molar-refractivity contribution in [1.82, 2.24) is 19.9 Å². The number of halogens is 1. The number of hydrogen-bond donors (Lipinski definition) is 1.